The van der Waals surface area contributed by atoms with Gasteiger partial charge in [0.25, 0.3) is 0 Å². The quantitative estimate of drug-likeness (QED) is 0.537. The average Bonchev–Trinajstić information content (AvgIpc) is 2.15. The second-order valence-electron chi connectivity index (χ2n) is 4.41. The molecule has 1 saturated carbocycles. The molecule has 1 atom stereocenters. The van der Waals surface area contributed by atoms with Gasteiger partial charge >= 0.3 is 5.97 Å². The summed E-state index contributed by atoms with van der Waals surface area (Å²) in [5.41, 5.74) is -1.84. The van der Waals surface area contributed by atoms with Crippen LogP contribution in [0.15, 0.2) is 0 Å². The van der Waals surface area contributed by atoms with Gasteiger partial charge in [0.1, 0.15) is 0 Å². The van der Waals surface area contributed by atoms with Crippen molar-refractivity contribution in [1.82, 2.24) is 5.32 Å². The van der Waals surface area contributed by atoms with Crippen LogP contribution in [-0.4, -0.2) is 47.6 Å². The van der Waals surface area contributed by atoms with E-state index in [0.29, 0.717) is 0 Å². The van der Waals surface area contributed by atoms with Crippen molar-refractivity contribution in [2.75, 3.05) is 20.3 Å². The molecule has 0 saturated heterocycles. The van der Waals surface area contributed by atoms with Crippen molar-refractivity contribution >= 4 is 5.97 Å². The summed E-state index contributed by atoms with van der Waals surface area (Å²) in [5.74, 6) is -0.664. The molecule has 0 aromatic carbocycles. The standard InChI is InChI=1S/C10H19NO4/c1-9(14,8(13)15-2)6-11-10(7-12)4-3-5-10/h11-12,14H,3-7H2,1-2H3. The first kappa shape index (κ1) is 12.4. The lowest BCUT2D eigenvalue weighted by atomic mass is 9.77. The molecule has 1 rings (SSSR count). The van der Waals surface area contributed by atoms with E-state index in [1.165, 1.54) is 14.0 Å². The van der Waals surface area contributed by atoms with Crippen LogP contribution in [0.2, 0.25) is 0 Å². The van der Waals surface area contributed by atoms with Crippen LogP contribution in [0.25, 0.3) is 0 Å². The Labute approximate surface area is 89.4 Å². The highest BCUT2D eigenvalue weighted by Gasteiger charge is 2.40. The molecule has 0 aromatic rings. The van der Waals surface area contributed by atoms with Crippen LogP contribution < -0.4 is 5.32 Å². The van der Waals surface area contributed by atoms with E-state index in [2.05, 4.69) is 10.1 Å². The van der Waals surface area contributed by atoms with Crippen molar-refractivity contribution in [2.24, 2.45) is 0 Å². The van der Waals surface area contributed by atoms with Gasteiger partial charge in [0.2, 0.25) is 0 Å². The molecule has 15 heavy (non-hydrogen) atoms. The van der Waals surface area contributed by atoms with Gasteiger partial charge < -0.3 is 20.3 Å². The second kappa shape index (κ2) is 4.47. The van der Waals surface area contributed by atoms with Gasteiger partial charge in [-0.15, -0.1) is 0 Å². The van der Waals surface area contributed by atoms with Crippen LogP contribution in [0, 0.1) is 0 Å². The average molecular weight is 217 g/mol. The van der Waals surface area contributed by atoms with Crippen molar-refractivity contribution in [1.29, 1.82) is 0 Å². The zero-order valence-corrected chi connectivity index (χ0v) is 9.25. The summed E-state index contributed by atoms with van der Waals surface area (Å²) in [6, 6.07) is 0. The van der Waals surface area contributed by atoms with Gasteiger partial charge in [-0.25, -0.2) is 4.79 Å². The van der Waals surface area contributed by atoms with E-state index >= 15 is 0 Å². The zero-order chi connectivity index (χ0) is 11.5. The van der Waals surface area contributed by atoms with E-state index in [1.54, 1.807) is 0 Å². The number of carbonyl (C=O) groups is 1. The van der Waals surface area contributed by atoms with Gasteiger partial charge in [-0.3, -0.25) is 0 Å². The minimum absolute atomic E-state index is 0.0320. The first-order chi connectivity index (χ1) is 6.96. The molecule has 0 aromatic heterocycles. The first-order valence-corrected chi connectivity index (χ1v) is 5.12. The number of β-amino-alcohol motifs (C(OH)–C–C–N with tert-alkyl or cyclic N) is 1. The Morgan fingerprint density at radius 3 is 2.53 bits per heavy atom. The molecule has 0 radical (unpaired) electrons. The molecule has 88 valence electrons. The third-order valence-electron chi connectivity index (χ3n) is 3.05. The predicted octanol–water partition coefficient (Wildman–Crippen LogP) is -0.585. The maximum atomic E-state index is 11.2. The number of carbonyl (C=O) groups excluding carboxylic acids is 1. The lowest BCUT2D eigenvalue weighted by molar-refractivity contribution is -0.160. The number of nitrogens with one attached hydrogen (secondary N) is 1. The van der Waals surface area contributed by atoms with E-state index in [-0.39, 0.29) is 18.7 Å². The summed E-state index contributed by atoms with van der Waals surface area (Å²) in [7, 11) is 1.24. The topological polar surface area (TPSA) is 78.8 Å². The highest BCUT2D eigenvalue weighted by Crippen LogP contribution is 2.31. The molecule has 0 heterocycles. The normalized spacial score (nSPS) is 22.7. The van der Waals surface area contributed by atoms with Gasteiger partial charge in [-0.1, -0.05) is 0 Å². The molecular formula is C10H19NO4. The second-order valence-corrected chi connectivity index (χ2v) is 4.41. The summed E-state index contributed by atoms with van der Waals surface area (Å²) >= 11 is 0. The molecule has 0 amide bonds. The number of methoxy groups -OCH3 is 1. The van der Waals surface area contributed by atoms with E-state index in [0.717, 1.165) is 19.3 Å². The highest BCUT2D eigenvalue weighted by molar-refractivity contribution is 5.78. The molecule has 1 unspecified atom stereocenters. The third-order valence-corrected chi connectivity index (χ3v) is 3.05. The summed E-state index contributed by atoms with van der Waals surface area (Å²) < 4.78 is 4.47. The maximum absolute atomic E-state index is 11.2. The van der Waals surface area contributed by atoms with Crippen LogP contribution in [0.3, 0.4) is 0 Å². The molecule has 1 aliphatic rings. The van der Waals surface area contributed by atoms with Crippen LogP contribution in [-0.2, 0) is 9.53 Å². The number of hydrogen-bond acceptors (Lipinski definition) is 5. The Kier molecular flexibility index (Phi) is 3.70. The Bertz CT molecular complexity index is 230. The predicted molar refractivity (Wildman–Crippen MR) is 54.3 cm³/mol. The van der Waals surface area contributed by atoms with Crippen molar-refractivity contribution in [2.45, 2.75) is 37.3 Å². The number of esters is 1. The molecule has 5 heteroatoms. The van der Waals surface area contributed by atoms with Crippen molar-refractivity contribution in [3.8, 4) is 0 Å². The summed E-state index contributed by atoms with van der Waals surface area (Å²) in [4.78, 5) is 11.2. The Hall–Kier alpha value is -0.650. The maximum Gasteiger partial charge on any atom is 0.338 e. The lowest BCUT2D eigenvalue weighted by Gasteiger charge is -2.42. The minimum atomic E-state index is -1.54. The van der Waals surface area contributed by atoms with E-state index in [9.17, 15) is 9.90 Å². The van der Waals surface area contributed by atoms with Crippen LogP contribution >= 0.6 is 0 Å². The monoisotopic (exact) mass is 217 g/mol. The molecular weight excluding hydrogens is 198 g/mol. The van der Waals surface area contributed by atoms with Crippen LogP contribution in [0.4, 0.5) is 0 Å². The Morgan fingerprint density at radius 2 is 2.20 bits per heavy atom. The van der Waals surface area contributed by atoms with E-state index in [4.69, 9.17) is 5.11 Å². The summed E-state index contributed by atoms with van der Waals surface area (Å²) in [6.45, 7) is 1.53. The molecule has 0 aliphatic heterocycles. The van der Waals surface area contributed by atoms with E-state index in [1.807, 2.05) is 0 Å². The Balaban J connectivity index is 2.44. The molecule has 5 nitrogen and oxygen atoms in total. The molecule has 1 fully saturated rings. The van der Waals surface area contributed by atoms with E-state index < -0.39 is 11.6 Å². The molecule has 0 bridgehead atoms. The molecule has 1 aliphatic carbocycles. The zero-order valence-electron chi connectivity index (χ0n) is 9.25. The van der Waals surface area contributed by atoms with Gasteiger partial charge in [0.15, 0.2) is 5.60 Å². The number of rotatable bonds is 5. The number of ether oxygens (including phenoxy) is 1. The van der Waals surface area contributed by atoms with Crippen molar-refractivity contribution in [3.63, 3.8) is 0 Å². The van der Waals surface area contributed by atoms with Gasteiger partial charge in [0.05, 0.1) is 13.7 Å². The van der Waals surface area contributed by atoms with Gasteiger partial charge in [-0.2, -0.15) is 0 Å². The lowest BCUT2D eigenvalue weighted by Crippen LogP contribution is -2.59. The summed E-state index contributed by atoms with van der Waals surface area (Å²) in [6.07, 6.45) is 2.81. The fraction of sp³-hybridized carbons (Fsp3) is 0.900. The molecule has 0 spiro atoms. The fourth-order valence-corrected chi connectivity index (χ4v) is 1.65. The Morgan fingerprint density at radius 1 is 1.60 bits per heavy atom. The van der Waals surface area contributed by atoms with Gasteiger partial charge in [0, 0.05) is 12.1 Å². The number of aliphatic hydroxyl groups is 2. The largest absolute Gasteiger partial charge is 0.467 e. The SMILES string of the molecule is COC(=O)C(C)(O)CNC1(CO)CCC1. The highest BCUT2D eigenvalue weighted by atomic mass is 16.5. The number of aliphatic hydroxyl groups excluding tert-OH is 1. The fourth-order valence-electron chi connectivity index (χ4n) is 1.65. The van der Waals surface area contributed by atoms with Gasteiger partial charge in [-0.05, 0) is 26.2 Å². The molecule has 3 N–H and O–H groups in total. The smallest absolute Gasteiger partial charge is 0.338 e. The van der Waals surface area contributed by atoms with Crippen molar-refractivity contribution < 1.29 is 19.7 Å². The third kappa shape index (κ3) is 2.68. The number of hydrogen-bond donors (Lipinski definition) is 3. The summed E-state index contributed by atoms with van der Waals surface area (Å²) in [5, 5.41) is 21.9. The minimum Gasteiger partial charge on any atom is -0.467 e. The van der Waals surface area contributed by atoms with Crippen molar-refractivity contribution in [3.05, 3.63) is 0 Å². The van der Waals surface area contributed by atoms with Crippen LogP contribution in [0.5, 0.6) is 0 Å². The first-order valence-electron chi connectivity index (χ1n) is 5.12. The van der Waals surface area contributed by atoms with Crippen LogP contribution in [0.1, 0.15) is 26.2 Å².